The molecule has 0 aromatic heterocycles. The van der Waals surface area contributed by atoms with Crippen LogP contribution in [0.3, 0.4) is 0 Å². The topological polar surface area (TPSA) is 24.7 Å². The molecule has 0 N–H and O–H groups in total. The Labute approximate surface area is 314 Å². The van der Waals surface area contributed by atoms with E-state index in [9.17, 15) is 0 Å². The molecule has 278 valence electrons. The standard InChI is InChI=1S/C46H74N2.Ni/c1-7-9-11-13-15-16-17-18-19-20-21-22-23-24-25-26-28-30-32-46(48-44-37-41(5)34-42(6)38-44)45(31-29-27-14-12-10-8-2)47-43-35-39(3)33-40(4)36-43;/h30,32-38H,7-29,31H2,1-6H3;. The van der Waals surface area contributed by atoms with Gasteiger partial charge in [0.05, 0.1) is 22.8 Å². The summed E-state index contributed by atoms with van der Waals surface area (Å²) in [5.41, 5.74) is 9.28. The SMILES string of the molecule is CCCCCCCCCCCCCCCCCCC=CC(=Nc1cc(C)cc(C)c1)C(CCCCCCCC)=Nc1cc(C)cc(C)c1.[Ni]. The van der Waals surface area contributed by atoms with Crippen LogP contribution in [0.15, 0.2) is 58.5 Å². The minimum Gasteiger partial charge on any atom is -0.251 e. The molecular weight excluding hydrogens is 639 g/mol. The summed E-state index contributed by atoms with van der Waals surface area (Å²) in [4.78, 5) is 10.6. The van der Waals surface area contributed by atoms with Gasteiger partial charge >= 0.3 is 0 Å². The van der Waals surface area contributed by atoms with Crippen LogP contribution in [0.25, 0.3) is 0 Å². The van der Waals surface area contributed by atoms with Crippen LogP contribution < -0.4 is 0 Å². The number of aliphatic imine (C=N–C) groups is 2. The van der Waals surface area contributed by atoms with E-state index >= 15 is 0 Å². The van der Waals surface area contributed by atoms with Crippen LogP contribution in [-0.2, 0) is 16.5 Å². The molecule has 0 spiro atoms. The van der Waals surface area contributed by atoms with Gasteiger partial charge in [-0.15, -0.1) is 0 Å². The summed E-state index contributed by atoms with van der Waals surface area (Å²) in [6.07, 6.45) is 37.0. The van der Waals surface area contributed by atoms with Gasteiger partial charge in [0, 0.05) is 16.5 Å². The summed E-state index contributed by atoms with van der Waals surface area (Å²) in [6.45, 7) is 13.3. The zero-order valence-electron chi connectivity index (χ0n) is 32.8. The van der Waals surface area contributed by atoms with Crippen molar-refractivity contribution >= 4 is 22.8 Å². The maximum absolute atomic E-state index is 5.29. The first-order chi connectivity index (χ1) is 23.4. The molecule has 0 saturated heterocycles. The molecule has 0 atom stereocenters. The number of hydrogen-bond donors (Lipinski definition) is 0. The predicted octanol–water partition coefficient (Wildman–Crippen LogP) is 15.7. The zero-order valence-corrected chi connectivity index (χ0v) is 33.8. The van der Waals surface area contributed by atoms with Crippen molar-refractivity contribution in [3.05, 3.63) is 70.8 Å². The molecule has 2 nitrogen and oxygen atoms in total. The van der Waals surface area contributed by atoms with Gasteiger partial charge in [-0.3, -0.25) is 4.99 Å². The second kappa shape index (κ2) is 29.7. The van der Waals surface area contributed by atoms with E-state index in [1.165, 1.54) is 157 Å². The van der Waals surface area contributed by atoms with Crippen molar-refractivity contribution in [2.24, 2.45) is 9.98 Å². The first kappa shape index (κ1) is 45.0. The van der Waals surface area contributed by atoms with Gasteiger partial charge in [-0.25, -0.2) is 4.99 Å². The third-order valence-electron chi connectivity index (χ3n) is 9.49. The number of allylic oxidation sites excluding steroid dienone is 2. The van der Waals surface area contributed by atoms with Crippen LogP contribution >= 0.6 is 0 Å². The Hall–Kier alpha value is -1.99. The molecule has 0 fully saturated rings. The Morgan fingerprint density at radius 1 is 0.449 bits per heavy atom. The van der Waals surface area contributed by atoms with Crippen molar-refractivity contribution < 1.29 is 16.5 Å². The molecule has 0 heterocycles. The van der Waals surface area contributed by atoms with E-state index in [0.717, 1.165) is 42.1 Å². The predicted molar refractivity (Wildman–Crippen MR) is 217 cm³/mol. The van der Waals surface area contributed by atoms with Gasteiger partial charge in [-0.1, -0.05) is 160 Å². The molecule has 0 aliphatic heterocycles. The second-order valence-electron chi connectivity index (χ2n) is 14.8. The maximum Gasteiger partial charge on any atom is 0.0848 e. The van der Waals surface area contributed by atoms with Crippen LogP contribution in [0.4, 0.5) is 11.4 Å². The Morgan fingerprint density at radius 2 is 0.796 bits per heavy atom. The van der Waals surface area contributed by atoms with Crippen LogP contribution in [0.1, 0.15) is 190 Å². The number of rotatable bonds is 28. The molecule has 0 bridgehead atoms. The van der Waals surface area contributed by atoms with Crippen LogP contribution in [0, 0.1) is 27.7 Å². The number of benzene rings is 2. The normalized spacial score (nSPS) is 12.2. The van der Waals surface area contributed by atoms with Gasteiger partial charge in [-0.2, -0.15) is 0 Å². The molecule has 0 aliphatic carbocycles. The molecule has 2 rings (SSSR count). The maximum atomic E-state index is 5.29. The molecule has 2 aromatic rings. The molecule has 2 aromatic carbocycles. The Bertz CT molecular complexity index is 1170. The van der Waals surface area contributed by atoms with Gasteiger partial charge in [0.2, 0.25) is 0 Å². The fourth-order valence-electron chi connectivity index (χ4n) is 6.84. The van der Waals surface area contributed by atoms with Gasteiger partial charge in [0.15, 0.2) is 0 Å². The minimum absolute atomic E-state index is 0. The third kappa shape index (κ3) is 23.2. The van der Waals surface area contributed by atoms with Crippen LogP contribution in [-0.4, -0.2) is 11.4 Å². The molecule has 0 radical (unpaired) electrons. The van der Waals surface area contributed by atoms with Crippen molar-refractivity contribution in [1.29, 1.82) is 0 Å². The van der Waals surface area contributed by atoms with Crippen molar-refractivity contribution in [3.63, 3.8) is 0 Å². The summed E-state index contributed by atoms with van der Waals surface area (Å²) in [5.74, 6) is 0. The average Bonchev–Trinajstić information content (AvgIpc) is 3.04. The Morgan fingerprint density at radius 3 is 1.20 bits per heavy atom. The molecule has 0 unspecified atom stereocenters. The van der Waals surface area contributed by atoms with Crippen molar-refractivity contribution in [2.75, 3.05) is 0 Å². The van der Waals surface area contributed by atoms with Crippen LogP contribution in [0.5, 0.6) is 0 Å². The number of unbranched alkanes of at least 4 members (excludes halogenated alkanes) is 21. The van der Waals surface area contributed by atoms with Gasteiger partial charge in [0.25, 0.3) is 0 Å². The molecule has 0 aliphatic rings. The fraction of sp³-hybridized carbons (Fsp3) is 0.652. The first-order valence-corrected chi connectivity index (χ1v) is 20.4. The number of hydrogen-bond acceptors (Lipinski definition) is 2. The van der Waals surface area contributed by atoms with Crippen molar-refractivity contribution in [2.45, 2.75) is 196 Å². The number of nitrogens with zero attached hydrogens (tertiary/aromatic N) is 2. The largest absolute Gasteiger partial charge is 0.251 e. The summed E-state index contributed by atoms with van der Waals surface area (Å²) >= 11 is 0. The molecule has 0 saturated carbocycles. The van der Waals surface area contributed by atoms with Crippen molar-refractivity contribution in [1.82, 2.24) is 0 Å². The quantitative estimate of drug-likeness (QED) is 0.0476. The van der Waals surface area contributed by atoms with E-state index in [1.807, 2.05) is 0 Å². The van der Waals surface area contributed by atoms with E-state index in [4.69, 9.17) is 9.98 Å². The molecule has 0 amide bonds. The van der Waals surface area contributed by atoms with Gasteiger partial charge < -0.3 is 0 Å². The summed E-state index contributed by atoms with van der Waals surface area (Å²) in [5, 5.41) is 0. The van der Waals surface area contributed by atoms with E-state index < -0.39 is 0 Å². The average molecular weight is 714 g/mol. The summed E-state index contributed by atoms with van der Waals surface area (Å²) < 4.78 is 0. The third-order valence-corrected chi connectivity index (χ3v) is 9.49. The Balaban J connectivity index is 0.0000120. The van der Waals surface area contributed by atoms with Crippen LogP contribution in [0.2, 0.25) is 0 Å². The summed E-state index contributed by atoms with van der Waals surface area (Å²) in [7, 11) is 0. The Kier molecular flexibility index (Phi) is 27.3. The molecule has 49 heavy (non-hydrogen) atoms. The fourth-order valence-corrected chi connectivity index (χ4v) is 6.84. The van der Waals surface area contributed by atoms with E-state index in [1.54, 1.807) is 0 Å². The second-order valence-corrected chi connectivity index (χ2v) is 14.8. The first-order valence-electron chi connectivity index (χ1n) is 20.4. The smallest absolute Gasteiger partial charge is 0.0848 e. The van der Waals surface area contributed by atoms with Gasteiger partial charge in [0.1, 0.15) is 0 Å². The number of aryl methyl sites for hydroxylation is 4. The van der Waals surface area contributed by atoms with E-state index in [0.29, 0.717) is 0 Å². The van der Waals surface area contributed by atoms with Gasteiger partial charge in [-0.05, 0) is 106 Å². The molecule has 3 heteroatoms. The summed E-state index contributed by atoms with van der Waals surface area (Å²) in [6, 6.07) is 13.3. The molecular formula is C46H74N2Ni. The minimum atomic E-state index is 0. The van der Waals surface area contributed by atoms with E-state index in [2.05, 4.69) is 90.1 Å². The zero-order chi connectivity index (χ0) is 34.7. The van der Waals surface area contributed by atoms with Crippen molar-refractivity contribution in [3.8, 4) is 0 Å². The monoisotopic (exact) mass is 713 g/mol. The van der Waals surface area contributed by atoms with E-state index in [-0.39, 0.29) is 16.5 Å².